The lowest BCUT2D eigenvalue weighted by atomic mass is 10.1. The van der Waals surface area contributed by atoms with Crippen molar-refractivity contribution in [1.29, 1.82) is 0 Å². The number of halogens is 3. The molecule has 1 N–H and O–H groups in total. The van der Waals surface area contributed by atoms with Crippen LogP contribution in [0.15, 0.2) is 0 Å². The van der Waals surface area contributed by atoms with E-state index in [0.29, 0.717) is 13.1 Å². The summed E-state index contributed by atoms with van der Waals surface area (Å²) in [6.07, 6.45) is -3.15. The molecule has 1 rings (SSSR count). The molecule has 1 aliphatic rings. The highest BCUT2D eigenvalue weighted by Crippen LogP contribution is 2.27. The fraction of sp³-hybridized carbons (Fsp3) is 1.00. The highest BCUT2D eigenvalue weighted by Gasteiger charge is 2.41. The first-order valence-corrected chi connectivity index (χ1v) is 7.85. The first-order valence-electron chi connectivity index (χ1n) is 5.79. The number of hydrogen-bond acceptors (Lipinski definition) is 4. The summed E-state index contributed by atoms with van der Waals surface area (Å²) >= 11 is 0. The van der Waals surface area contributed by atoms with E-state index in [4.69, 9.17) is 0 Å². The third kappa shape index (κ3) is 5.11. The van der Waals surface area contributed by atoms with Crippen LogP contribution in [0.5, 0.6) is 0 Å². The van der Waals surface area contributed by atoms with Gasteiger partial charge in [0.15, 0.2) is 0 Å². The van der Waals surface area contributed by atoms with Crippen molar-refractivity contribution in [2.75, 3.05) is 38.2 Å². The lowest BCUT2D eigenvalue weighted by Crippen LogP contribution is -2.44. The molecule has 0 saturated carbocycles. The maximum absolute atomic E-state index is 12.7. The first-order chi connectivity index (χ1) is 8.09. The van der Waals surface area contributed by atoms with E-state index in [1.807, 2.05) is 0 Å². The van der Waals surface area contributed by atoms with Crippen LogP contribution in [0.1, 0.15) is 6.92 Å². The van der Waals surface area contributed by atoms with Gasteiger partial charge in [-0.1, -0.05) is 0 Å². The van der Waals surface area contributed by atoms with E-state index in [0.717, 1.165) is 6.26 Å². The Hall–Kier alpha value is -0.340. The van der Waals surface area contributed by atoms with Gasteiger partial charge in [-0.2, -0.15) is 13.2 Å². The number of hydrogen-bond donors (Lipinski definition) is 1. The van der Waals surface area contributed by atoms with Crippen LogP contribution in [0.3, 0.4) is 0 Å². The minimum absolute atomic E-state index is 0.106. The molecule has 1 heterocycles. The largest absolute Gasteiger partial charge is 0.394 e. The molecule has 0 aromatic heterocycles. The van der Waals surface area contributed by atoms with Gasteiger partial charge in [0.2, 0.25) is 0 Å². The van der Waals surface area contributed by atoms with Gasteiger partial charge in [-0.05, 0) is 6.92 Å². The Morgan fingerprint density at radius 3 is 2.56 bits per heavy atom. The Morgan fingerprint density at radius 1 is 1.44 bits per heavy atom. The molecule has 0 aliphatic carbocycles. The molecule has 4 nitrogen and oxygen atoms in total. The zero-order valence-corrected chi connectivity index (χ0v) is 11.3. The third-order valence-corrected chi connectivity index (χ3v) is 4.14. The summed E-state index contributed by atoms with van der Waals surface area (Å²) in [5, 5.41) is 2.74. The third-order valence-electron chi connectivity index (χ3n) is 3.05. The quantitative estimate of drug-likeness (QED) is 0.822. The van der Waals surface area contributed by atoms with Gasteiger partial charge in [-0.15, -0.1) is 0 Å². The minimum atomic E-state index is -4.25. The summed E-state index contributed by atoms with van der Waals surface area (Å²) in [4.78, 5) is 1.60. The van der Waals surface area contributed by atoms with Crippen molar-refractivity contribution in [2.45, 2.75) is 19.1 Å². The second-order valence-corrected chi connectivity index (χ2v) is 7.06. The second kappa shape index (κ2) is 5.75. The van der Waals surface area contributed by atoms with E-state index < -0.39 is 28.0 Å². The molecule has 1 aliphatic heterocycles. The molecule has 2 atom stereocenters. The Kier molecular flexibility index (Phi) is 5.02. The van der Waals surface area contributed by atoms with Crippen molar-refractivity contribution in [3.63, 3.8) is 0 Å². The highest BCUT2D eigenvalue weighted by atomic mass is 32.2. The summed E-state index contributed by atoms with van der Waals surface area (Å²) < 4.78 is 60.5. The molecular formula is C10H19F3N2O2S. The molecule has 0 radical (unpaired) electrons. The zero-order valence-electron chi connectivity index (χ0n) is 10.5. The summed E-state index contributed by atoms with van der Waals surface area (Å²) in [6, 6.07) is -0.398. The van der Waals surface area contributed by atoms with Crippen molar-refractivity contribution in [1.82, 2.24) is 10.2 Å². The van der Waals surface area contributed by atoms with Crippen molar-refractivity contribution in [3.05, 3.63) is 0 Å². The standard InChI is InChI=1S/C10H19F3N2O2S/c1-8(7-18(2,16)17)15-4-3-14-5-9(6-15)10(11,12)13/h8-9,14H,3-7H2,1-2H3. The fourth-order valence-electron chi connectivity index (χ4n) is 2.10. The SMILES string of the molecule is CC(CS(C)(=O)=O)N1CCNCC(C(F)(F)F)C1. The molecule has 0 aromatic carbocycles. The molecule has 108 valence electrons. The van der Waals surface area contributed by atoms with Gasteiger partial charge < -0.3 is 5.32 Å². The normalized spacial score (nSPS) is 25.7. The first kappa shape index (κ1) is 15.7. The van der Waals surface area contributed by atoms with Gasteiger partial charge in [0, 0.05) is 38.5 Å². The van der Waals surface area contributed by atoms with Crippen LogP contribution >= 0.6 is 0 Å². The van der Waals surface area contributed by atoms with E-state index in [2.05, 4.69) is 5.32 Å². The molecule has 18 heavy (non-hydrogen) atoms. The van der Waals surface area contributed by atoms with Gasteiger partial charge in [0.25, 0.3) is 0 Å². The maximum Gasteiger partial charge on any atom is 0.394 e. The Bertz CT molecular complexity index is 370. The average molecular weight is 288 g/mol. The lowest BCUT2D eigenvalue weighted by Gasteiger charge is -2.30. The van der Waals surface area contributed by atoms with Gasteiger partial charge >= 0.3 is 6.18 Å². The van der Waals surface area contributed by atoms with Crippen LogP contribution in [-0.2, 0) is 9.84 Å². The summed E-state index contributed by atoms with van der Waals surface area (Å²) in [5.74, 6) is -1.56. The number of rotatable bonds is 3. The number of alkyl halides is 3. The predicted molar refractivity (Wildman–Crippen MR) is 63.2 cm³/mol. The van der Waals surface area contributed by atoms with Gasteiger partial charge in [0.05, 0.1) is 11.7 Å². The van der Waals surface area contributed by atoms with Crippen LogP contribution in [0.25, 0.3) is 0 Å². The summed E-state index contributed by atoms with van der Waals surface area (Å²) in [6.45, 7) is 2.28. The molecule has 0 spiro atoms. The number of nitrogens with one attached hydrogen (secondary N) is 1. The summed E-state index contributed by atoms with van der Waals surface area (Å²) in [7, 11) is -3.18. The smallest absolute Gasteiger partial charge is 0.315 e. The van der Waals surface area contributed by atoms with E-state index in [1.54, 1.807) is 11.8 Å². The van der Waals surface area contributed by atoms with E-state index in [-0.39, 0.29) is 18.8 Å². The number of nitrogens with zero attached hydrogens (tertiary/aromatic N) is 1. The Balaban J connectivity index is 2.70. The fourth-order valence-corrected chi connectivity index (χ4v) is 3.19. The topological polar surface area (TPSA) is 49.4 Å². The number of sulfone groups is 1. The monoisotopic (exact) mass is 288 g/mol. The van der Waals surface area contributed by atoms with Crippen LogP contribution in [0.4, 0.5) is 13.2 Å². The second-order valence-electron chi connectivity index (χ2n) is 4.88. The highest BCUT2D eigenvalue weighted by molar-refractivity contribution is 7.90. The zero-order chi connectivity index (χ0) is 14.0. The minimum Gasteiger partial charge on any atom is -0.315 e. The lowest BCUT2D eigenvalue weighted by molar-refractivity contribution is -0.176. The van der Waals surface area contributed by atoms with Crippen LogP contribution in [-0.4, -0.2) is 63.7 Å². The molecule has 0 bridgehead atoms. The maximum atomic E-state index is 12.7. The van der Waals surface area contributed by atoms with Crippen molar-refractivity contribution >= 4 is 9.84 Å². The molecule has 0 amide bonds. The van der Waals surface area contributed by atoms with Crippen LogP contribution in [0.2, 0.25) is 0 Å². The summed E-state index contributed by atoms with van der Waals surface area (Å²) in [5.41, 5.74) is 0. The van der Waals surface area contributed by atoms with Crippen LogP contribution < -0.4 is 5.32 Å². The van der Waals surface area contributed by atoms with Crippen molar-refractivity contribution in [3.8, 4) is 0 Å². The average Bonchev–Trinajstić information content (AvgIpc) is 2.38. The molecular weight excluding hydrogens is 269 g/mol. The van der Waals surface area contributed by atoms with Crippen molar-refractivity contribution in [2.24, 2.45) is 5.92 Å². The molecule has 0 aromatic rings. The predicted octanol–water partition coefficient (Wildman–Crippen LogP) is 0.503. The van der Waals surface area contributed by atoms with E-state index in [1.165, 1.54) is 0 Å². The Morgan fingerprint density at radius 2 is 2.06 bits per heavy atom. The molecule has 1 saturated heterocycles. The van der Waals surface area contributed by atoms with Crippen LogP contribution in [0, 0.1) is 5.92 Å². The van der Waals surface area contributed by atoms with Gasteiger partial charge in [-0.3, -0.25) is 4.90 Å². The van der Waals surface area contributed by atoms with E-state index in [9.17, 15) is 21.6 Å². The van der Waals surface area contributed by atoms with E-state index >= 15 is 0 Å². The van der Waals surface area contributed by atoms with Crippen molar-refractivity contribution < 1.29 is 21.6 Å². The molecule has 2 unspecified atom stereocenters. The Labute approximate surface area is 105 Å². The van der Waals surface area contributed by atoms with Gasteiger partial charge in [-0.25, -0.2) is 8.42 Å². The molecule has 1 fully saturated rings. The van der Waals surface area contributed by atoms with Gasteiger partial charge in [0.1, 0.15) is 9.84 Å². The molecule has 8 heteroatoms.